The number of ketones is 1. The topological polar surface area (TPSA) is 55.8 Å². The van der Waals surface area contributed by atoms with Crippen LogP contribution in [0.5, 0.6) is 5.75 Å². The van der Waals surface area contributed by atoms with E-state index < -0.39 is 6.10 Å². The van der Waals surface area contributed by atoms with Crippen molar-refractivity contribution in [2.75, 3.05) is 18.6 Å². The van der Waals surface area contributed by atoms with Crippen molar-refractivity contribution in [2.45, 2.75) is 33.5 Å². The number of Topliss-reactive ketones (excluding diaryl/α,β-unsaturated/α-hetero) is 1. The Morgan fingerprint density at radius 3 is 2.69 bits per heavy atom. The number of amides is 1. The van der Waals surface area contributed by atoms with Crippen LogP contribution in [0.1, 0.15) is 34.0 Å². The molecule has 26 heavy (non-hydrogen) atoms. The summed E-state index contributed by atoms with van der Waals surface area (Å²) in [5.74, 6) is 0.345. The van der Waals surface area contributed by atoms with Gasteiger partial charge in [-0.25, -0.2) is 0 Å². The van der Waals surface area contributed by atoms with Gasteiger partial charge in [-0.2, -0.15) is 0 Å². The fraction of sp³-hybridized carbons (Fsp3) is 0.333. The van der Waals surface area contributed by atoms with Crippen LogP contribution < -0.4 is 9.64 Å². The SMILES string of the molecule is Cc1ccc(COCC(=O)c2ccc3c(c2)N(C)C(=O)C(C)O3)c(C)c1. The molecule has 5 nitrogen and oxygen atoms in total. The van der Waals surface area contributed by atoms with Crippen molar-refractivity contribution in [2.24, 2.45) is 0 Å². The van der Waals surface area contributed by atoms with E-state index in [4.69, 9.17) is 9.47 Å². The van der Waals surface area contributed by atoms with Crippen LogP contribution in [0.15, 0.2) is 36.4 Å². The summed E-state index contributed by atoms with van der Waals surface area (Å²) < 4.78 is 11.2. The maximum absolute atomic E-state index is 12.4. The average Bonchev–Trinajstić information content (AvgIpc) is 2.61. The van der Waals surface area contributed by atoms with Gasteiger partial charge in [0.05, 0.1) is 12.3 Å². The molecule has 0 saturated carbocycles. The Labute approximate surface area is 153 Å². The van der Waals surface area contributed by atoms with Gasteiger partial charge in [0.1, 0.15) is 12.4 Å². The van der Waals surface area contributed by atoms with E-state index in [1.807, 2.05) is 26.0 Å². The lowest BCUT2D eigenvalue weighted by molar-refractivity contribution is -0.125. The van der Waals surface area contributed by atoms with Crippen molar-refractivity contribution in [1.82, 2.24) is 0 Å². The molecule has 0 aromatic heterocycles. The molecule has 5 heteroatoms. The molecule has 0 N–H and O–H groups in total. The Hall–Kier alpha value is -2.66. The van der Waals surface area contributed by atoms with Crippen molar-refractivity contribution >= 4 is 17.4 Å². The van der Waals surface area contributed by atoms with Crippen molar-refractivity contribution in [3.05, 3.63) is 58.7 Å². The summed E-state index contributed by atoms with van der Waals surface area (Å²) in [5.41, 5.74) is 4.53. The van der Waals surface area contributed by atoms with E-state index in [0.717, 1.165) is 11.1 Å². The predicted molar refractivity (Wildman–Crippen MR) is 99.8 cm³/mol. The Kier molecular flexibility index (Phi) is 5.09. The van der Waals surface area contributed by atoms with Gasteiger partial charge >= 0.3 is 0 Å². The van der Waals surface area contributed by atoms with Crippen LogP contribution in [0.3, 0.4) is 0 Å². The molecule has 0 radical (unpaired) electrons. The van der Waals surface area contributed by atoms with Gasteiger partial charge in [0.15, 0.2) is 11.9 Å². The van der Waals surface area contributed by atoms with Gasteiger partial charge in [0, 0.05) is 12.6 Å². The molecule has 1 amide bonds. The molecule has 1 aliphatic heterocycles. The van der Waals surface area contributed by atoms with Gasteiger partial charge in [0.2, 0.25) is 0 Å². The zero-order chi connectivity index (χ0) is 18.8. The minimum absolute atomic E-state index is 0.0129. The van der Waals surface area contributed by atoms with E-state index >= 15 is 0 Å². The fourth-order valence-electron chi connectivity index (χ4n) is 3.03. The lowest BCUT2D eigenvalue weighted by atomic mass is 10.1. The molecule has 1 unspecified atom stereocenters. The first-order valence-electron chi connectivity index (χ1n) is 8.62. The van der Waals surface area contributed by atoms with Crippen molar-refractivity contribution < 1.29 is 19.1 Å². The zero-order valence-corrected chi connectivity index (χ0v) is 15.5. The zero-order valence-electron chi connectivity index (χ0n) is 15.5. The molecule has 0 aliphatic carbocycles. The number of fused-ring (bicyclic) bond motifs is 1. The third-order valence-electron chi connectivity index (χ3n) is 4.61. The number of carbonyl (C=O) groups excluding carboxylic acids is 2. The van der Waals surface area contributed by atoms with Crippen LogP contribution in [0.2, 0.25) is 0 Å². The second-order valence-corrected chi connectivity index (χ2v) is 6.69. The smallest absolute Gasteiger partial charge is 0.267 e. The number of hydrogen-bond acceptors (Lipinski definition) is 4. The molecule has 3 rings (SSSR count). The molecule has 0 fully saturated rings. The summed E-state index contributed by atoms with van der Waals surface area (Å²) in [5, 5.41) is 0. The third kappa shape index (κ3) is 3.63. The molecular formula is C21H23NO4. The summed E-state index contributed by atoms with van der Waals surface area (Å²) in [6, 6.07) is 11.3. The van der Waals surface area contributed by atoms with Gasteiger partial charge in [-0.15, -0.1) is 0 Å². The quantitative estimate of drug-likeness (QED) is 0.773. The standard InChI is InChI=1S/C21H23NO4/c1-13-5-6-17(14(2)9-13)11-25-12-19(23)16-7-8-20-18(10-16)22(4)21(24)15(3)26-20/h5-10,15H,11-12H2,1-4H3. The minimum Gasteiger partial charge on any atom is -0.479 e. The molecule has 136 valence electrons. The van der Waals surface area contributed by atoms with E-state index in [2.05, 4.69) is 6.07 Å². The first kappa shape index (κ1) is 18.1. The number of nitrogens with zero attached hydrogens (tertiary/aromatic N) is 1. The highest BCUT2D eigenvalue weighted by Gasteiger charge is 2.29. The third-order valence-corrected chi connectivity index (χ3v) is 4.61. The summed E-state index contributed by atoms with van der Waals surface area (Å²) in [4.78, 5) is 26.0. The molecule has 1 aliphatic rings. The number of ether oxygens (including phenoxy) is 2. The van der Waals surface area contributed by atoms with Crippen LogP contribution >= 0.6 is 0 Å². The van der Waals surface area contributed by atoms with Crippen LogP contribution in [-0.2, 0) is 16.1 Å². The van der Waals surface area contributed by atoms with Gasteiger partial charge in [-0.3, -0.25) is 9.59 Å². The van der Waals surface area contributed by atoms with E-state index in [1.165, 1.54) is 10.5 Å². The van der Waals surface area contributed by atoms with Gasteiger partial charge in [-0.05, 0) is 50.1 Å². The number of likely N-dealkylation sites (N-methyl/N-ethyl adjacent to an activating group) is 1. The molecular weight excluding hydrogens is 330 g/mol. The summed E-state index contributed by atoms with van der Waals surface area (Å²) >= 11 is 0. The average molecular weight is 353 g/mol. The van der Waals surface area contributed by atoms with Gasteiger partial charge in [0.25, 0.3) is 5.91 Å². The molecule has 0 saturated heterocycles. The number of anilines is 1. The Bertz CT molecular complexity index is 859. The van der Waals surface area contributed by atoms with E-state index in [9.17, 15) is 9.59 Å². The highest BCUT2D eigenvalue weighted by molar-refractivity contribution is 6.03. The predicted octanol–water partition coefficient (Wildman–Crippen LogP) is 3.45. The number of carbonyl (C=O) groups is 2. The maximum Gasteiger partial charge on any atom is 0.267 e. The first-order valence-corrected chi connectivity index (χ1v) is 8.62. The monoisotopic (exact) mass is 353 g/mol. The number of aryl methyl sites for hydroxylation is 2. The Morgan fingerprint density at radius 2 is 1.96 bits per heavy atom. The molecule has 0 bridgehead atoms. The van der Waals surface area contributed by atoms with Crippen LogP contribution in [-0.4, -0.2) is 31.4 Å². The molecule has 1 atom stereocenters. The second kappa shape index (κ2) is 7.30. The highest BCUT2D eigenvalue weighted by atomic mass is 16.5. The van der Waals surface area contributed by atoms with Crippen molar-refractivity contribution in [3.8, 4) is 5.75 Å². The molecule has 0 spiro atoms. The summed E-state index contributed by atoms with van der Waals surface area (Å²) in [6.45, 7) is 6.17. The Balaban J connectivity index is 1.66. The van der Waals surface area contributed by atoms with Gasteiger partial charge in [-0.1, -0.05) is 23.8 Å². The van der Waals surface area contributed by atoms with E-state index in [0.29, 0.717) is 23.6 Å². The Morgan fingerprint density at radius 1 is 1.19 bits per heavy atom. The van der Waals surface area contributed by atoms with Crippen LogP contribution in [0.4, 0.5) is 5.69 Å². The largest absolute Gasteiger partial charge is 0.479 e. The normalized spacial score (nSPS) is 16.2. The van der Waals surface area contributed by atoms with Crippen molar-refractivity contribution in [1.29, 1.82) is 0 Å². The van der Waals surface area contributed by atoms with E-state index in [1.54, 1.807) is 32.2 Å². The highest BCUT2D eigenvalue weighted by Crippen LogP contribution is 2.34. The molecule has 1 heterocycles. The van der Waals surface area contributed by atoms with Gasteiger partial charge < -0.3 is 14.4 Å². The van der Waals surface area contributed by atoms with Crippen molar-refractivity contribution in [3.63, 3.8) is 0 Å². The fourth-order valence-corrected chi connectivity index (χ4v) is 3.03. The number of hydrogen-bond donors (Lipinski definition) is 0. The lowest BCUT2D eigenvalue weighted by Crippen LogP contribution is -2.42. The van der Waals surface area contributed by atoms with Crippen LogP contribution in [0, 0.1) is 13.8 Å². The maximum atomic E-state index is 12.4. The second-order valence-electron chi connectivity index (χ2n) is 6.69. The number of rotatable bonds is 5. The lowest BCUT2D eigenvalue weighted by Gasteiger charge is -2.30. The van der Waals surface area contributed by atoms with E-state index in [-0.39, 0.29) is 18.3 Å². The number of benzene rings is 2. The first-order chi connectivity index (χ1) is 12.4. The summed E-state index contributed by atoms with van der Waals surface area (Å²) in [7, 11) is 1.69. The van der Waals surface area contributed by atoms with Crippen LogP contribution in [0.25, 0.3) is 0 Å². The molecule has 2 aromatic carbocycles. The molecule has 2 aromatic rings. The summed E-state index contributed by atoms with van der Waals surface area (Å²) in [6.07, 6.45) is -0.518. The minimum atomic E-state index is -0.518.